The number of rotatable bonds is 2. The lowest BCUT2D eigenvalue weighted by Crippen LogP contribution is -1.99. The van der Waals surface area contributed by atoms with Crippen molar-refractivity contribution in [2.75, 3.05) is 12.8 Å². The molecular weight excluding hydrogens is 170 g/mol. The summed E-state index contributed by atoms with van der Waals surface area (Å²) in [6.07, 6.45) is 0.645. The molecule has 0 aliphatic rings. The van der Waals surface area contributed by atoms with Crippen LogP contribution in [0.2, 0.25) is 0 Å². The number of phenolic OH excluding ortho intramolecular Hbond substituents is 1. The van der Waals surface area contributed by atoms with Crippen LogP contribution >= 0.6 is 0 Å². The van der Waals surface area contributed by atoms with Gasteiger partial charge in [-0.1, -0.05) is 0 Å². The van der Waals surface area contributed by atoms with Gasteiger partial charge in [-0.15, -0.1) is 0 Å². The molecule has 0 heterocycles. The number of aromatic hydroxyl groups is 1. The van der Waals surface area contributed by atoms with Gasteiger partial charge in [0.15, 0.2) is 17.8 Å². The summed E-state index contributed by atoms with van der Waals surface area (Å²) in [7, 11) is 1.42. The highest BCUT2D eigenvalue weighted by Gasteiger charge is 2.12. The molecule has 0 unspecified atom stereocenters. The number of hydrogen-bond donors (Lipinski definition) is 2. The zero-order valence-electron chi connectivity index (χ0n) is 7.50. The Morgan fingerprint density at radius 3 is 2.69 bits per heavy atom. The van der Waals surface area contributed by atoms with E-state index in [1.165, 1.54) is 13.2 Å². The van der Waals surface area contributed by atoms with Crippen molar-refractivity contribution in [3.63, 3.8) is 0 Å². The maximum absolute atomic E-state index is 10.6. The summed E-state index contributed by atoms with van der Waals surface area (Å²) in [5.74, 6) is 0.236. The van der Waals surface area contributed by atoms with Crippen molar-refractivity contribution < 1.29 is 14.6 Å². The topological polar surface area (TPSA) is 72.6 Å². The lowest BCUT2D eigenvalue weighted by Gasteiger charge is -2.10. The summed E-state index contributed by atoms with van der Waals surface area (Å²) in [5, 5.41) is 9.37. The maximum atomic E-state index is 10.6. The van der Waals surface area contributed by atoms with E-state index in [-0.39, 0.29) is 17.2 Å². The first-order valence-corrected chi connectivity index (χ1v) is 3.73. The van der Waals surface area contributed by atoms with Gasteiger partial charge in [-0.05, 0) is 6.92 Å². The SMILES string of the molecule is COc1c(O)cc(N)c(C=O)c1C. The number of nitrogens with two attached hydrogens (primary N) is 1. The van der Waals surface area contributed by atoms with Crippen LogP contribution in [0.25, 0.3) is 0 Å². The van der Waals surface area contributed by atoms with E-state index in [4.69, 9.17) is 10.5 Å². The van der Waals surface area contributed by atoms with Gasteiger partial charge in [-0.25, -0.2) is 0 Å². The first-order valence-electron chi connectivity index (χ1n) is 3.73. The van der Waals surface area contributed by atoms with Crippen LogP contribution in [0.15, 0.2) is 6.07 Å². The largest absolute Gasteiger partial charge is 0.504 e. The summed E-state index contributed by atoms with van der Waals surface area (Å²) < 4.78 is 4.91. The molecule has 0 saturated carbocycles. The average Bonchev–Trinajstić information content (AvgIpc) is 2.04. The second kappa shape index (κ2) is 3.35. The van der Waals surface area contributed by atoms with Gasteiger partial charge >= 0.3 is 0 Å². The molecule has 0 fully saturated rings. The van der Waals surface area contributed by atoms with Crippen LogP contribution in [0, 0.1) is 6.92 Å². The monoisotopic (exact) mass is 181 g/mol. The van der Waals surface area contributed by atoms with E-state index in [2.05, 4.69) is 0 Å². The molecule has 1 aromatic carbocycles. The number of benzene rings is 1. The fourth-order valence-electron chi connectivity index (χ4n) is 1.24. The zero-order valence-corrected chi connectivity index (χ0v) is 7.50. The van der Waals surface area contributed by atoms with Crippen LogP contribution in [-0.4, -0.2) is 18.5 Å². The van der Waals surface area contributed by atoms with Gasteiger partial charge in [0.25, 0.3) is 0 Å². The minimum atomic E-state index is -0.0527. The van der Waals surface area contributed by atoms with Crippen LogP contribution < -0.4 is 10.5 Å². The van der Waals surface area contributed by atoms with E-state index in [9.17, 15) is 9.90 Å². The van der Waals surface area contributed by atoms with E-state index in [1.54, 1.807) is 6.92 Å². The normalized spacial score (nSPS) is 9.69. The molecule has 13 heavy (non-hydrogen) atoms. The summed E-state index contributed by atoms with van der Waals surface area (Å²) in [4.78, 5) is 10.6. The molecule has 70 valence electrons. The number of nitrogen functional groups attached to an aromatic ring is 1. The highest BCUT2D eigenvalue weighted by Crippen LogP contribution is 2.34. The van der Waals surface area contributed by atoms with Crippen molar-refractivity contribution >= 4 is 12.0 Å². The Morgan fingerprint density at radius 2 is 2.23 bits per heavy atom. The van der Waals surface area contributed by atoms with Gasteiger partial charge < -0.3 is 15.6 Å². The minimum Gasteiger partial charge on any atom is -0.504 e. The number of carbonyl (C=O) groups is 1. The standard InChI is InChI=1S/C9H11NO3/c1-5-6(4-11)7(10)3-8(12)9(5)13-2/h3-4,12H,10H2,1-2H3. The highest BCUT2D eigenvalue weighted by atomic mass is 16.5. The fourth-order valence-corrected chi connectivity index (χ4v) is 1.24. The van der Waals surface area contributed by atoms with E-state index >= 15 is 0 Å². The molecule has 0 bridgehead atoms. The molecule has 4 nitrogen and oxygen atoms in total. The molecule has 0 atom stereocenters. The number of hydrogen-bond acceptors (Lipinski definition) is 4. The predicted octanol–water partition coefficient (Wildman–Crippen LogP) is 1.10. The van der Waals surface area contributed by atoms with Gasteiger partial charge in [-0.2, -0.15) is 0 Å². The number of phenols is 1. The quantitative estimate of drug-likeness (QED) is 0.529. The van der Waals surface area contributed by atoms with Crippen LogP contribution in [0.1, 0.15) is 15.9 Å². The van der Waals surface area contributed by atoms with Crippen LogP contribution in [0.4, 0.5) is 5.69 Å². The van der Waals surface area contributed by atoms with Crippen LogP contribution in [0.5, 0.6) is 11.5 Å². The smallest absolute Gasteiger partial charge is 0.164 e. The lowest BCUT2D eigenvalue weighted by molar-refractivity contribution is 0.112. The van der Waals surface area contributed by atoms with Gasteiger partial charge in [0, 0.05) is 22.9 Å². The Balaban J connectivity index is 3.47. The second-order valence-electron chi connectivity index (χ2n) is 2.67. The molecule has 3 N–H and O–H groups in total. The van der Waals surface area contributed by atoms with E-state index < -0.39 is 0 Å². The van der Waals surface area contributed by atoms with Crippen LogP contribution in [0.3, 0.4) is 0 Å². The molecule has 0 aromatic heterocycles. The van der Waals surface area contributed by atoms with Crippen molar-refractivity contribution in [3.05, 3.63) is 17.2 Å². The van der Waals surface area contributed by atoms with Crippen LogP contribution in [-0.2, 0) is 0 Å². The third-order valence-corrected chi connectivity index (χ3v) is 1.90. The summed E-state index contributed by atoms with van der Waals surface area (Å²) in [5.41, 5.74) is 6.67. The summed E-state index contributed by atoms with van der Waals surface area (Å²) in [6, 6.07) is 1.30. The summed E-state index contributed by atoms with van der Waals surface area (Å²) >= 11 is 0. The molecular formula is C9H11NO3. The third kappa shape index (κ3) is 1.42. The van der Waals surface area contributed by atoms with E-state index in [0.717, 1.165) is 0 Å². The Bertz CT molecular complexity index is 347. The Kier molecular flexibility index (Phi) is 2.41. The molecule has 0 aliphatic heterocycles. The van der Waals surface area contributed by atoms with Crippen molar-refractivity contribution in [1.82, 2.24) is 0 Å². The number of methoxy groups -OCH3 is 1. The highest BCUT2D eigenvalue weighted by molar-refractivity contribution is 5.87. The molecule has 0 aliphatic carbocycles. The molecule has 0 radical (unpaired) electrons. The number of carbonyl (C=O) groups excluding carboxylic acids is 1. The first kappa shape index (κ1) is 9.38. The Labute approximate surface area is 75.9 Å². The van der Waals surface area contributed by atoms with Crippen molar-refractivity contribution in [1.29, 1.82) is 0 Å². The molecule has 0 saturated heterocycles. The molecule has 0 spiro atoms. The van der Waals surface area contributed by atoms with Gasteiger partial charge in [0.05, 0.1) is 7.11 Å². The fraction of sp³-hybridized carbons (Fsp3) is 0.222. The lowest BCUT2D eigenvalue weighted by atomic mass is 10.1. The number of anilines is 1. The van der Waals surface area contributed by atoms with E-state index in [1.807, 2.05) is 0 Å². The second-order valence-corrected chi connectivity index (χ2v) is 2.67. The Hall–Kier alpha value is -1.71. The molecule has 1 rings (SSSR count). The number of aldehydes is 1. The van der Waals surface area contributed by atoms with Crippen molar-refractivity contribution in [2.45, 2.75) is 6.92 Å². The predicted molar refractivity (Wildman–Crippen MR) is 49.2 cm³/mol. The average molecular weight is 181 g/mol. The first-order chi connectivity index (χ1) is 6.11. The van der Waals surface area contributed by atoms with Crippen molar-refractivity contribution in [3.8, 4) is 11.5 Å². The molecule has 0 amide bonds. The van der Waals surface area contributed by atoms with Gasteiger partial charge in [0.1, 0.15) is 0 Å². The Morgan fingerprint density at radius 1 is 1.62 bits per heavy atom. The maximum Gasteiger partial charge on any atom is 0.164 e. The summed E-state index contributed by atoms with van der Waals surface area (Å²) in [6.45, 7) is 1.67. The van der Waals surface area contributed by atoms with Gasteiger partial charge in [0.2, 0.25) is 0 Å². The number of ether oxygens (including phenoxy) is 1. The third-order valence-electron chi connectivity index (χ3n) is 1.90. The zero-order chi connectivity index (χ0) is 10.0. The molecule has 4 heteroatoms. The molecule has 1 aromatic rings. The van der Waals surface area contributed by atoms with E-state index in [0.29, 0.717) is 17.4 Å². The minimum absolute atomic E-state index is 0.0527. The van der Waals surface area contributed by atoms with Crippen molar-refractivity contribution in [2.24, 2.45) is 0 Å². The van der Waals surface area contributed by atoms with Gasteiger partial charge in [-0.3, -0.25) is 4.79 Å².